The van der Waals surface area contributed by atoms with E-state index in [4.69, 9.17) is 9.47 Å². The molecule has 0 radical (unpaired) electrons. The van der Waals surface area contributed by atoms with Crippen molar-refractivity contribution in [3.05, 3.63) is 47.3 Å². The second kappa shape index (κ2) is 9.38. The predicted octanol–water partition coefficient (Wildman–Crippen LogP) is 2.87. The summed E-state index contributed by atoms with van der Waals surface area (Å²) in [7, 11) is -3.45. The number of sulfonamides is 1. The van der Waals surface area contributed by atoms with Crippen molar-refractivity contribution in [3.8, 4) is 5.75 Å². The minimum atomic E-state index is -3.45. The summed E-state index contributed by atoms with van der Waals surface area (Å²) in [6.07, 6.45) is 0.287. The number of benzene rings is 1. The lowest BCUT2D eigenvalue weighted by atomic mass is 10.1. The van der Waals surface area contributed by atoms with E-state index >= 15 is 0 Å². The first kappa shape index (κ1) is 21.3. The van der Waals surface area contributed by atoms with E-state index in [1.54, 1.807) is 36.6 Å². The van der Waals surface area contributed by atoms with Crippen LogP contribution >= 0.6 is 11.3 Å². The van der Waals surface area contributed by atoms with Crippen LogP contribution in [0.2, 0.25) is 0 Å². The fourth-order valence-electron chi connectivity index (χ4n) is 2.96. The number of nitrogens with zero attached hydrogens (tertiary/aromatic N) is 1. The normalized spacial score (nSPS) is 15.6. The molecule has 0 saturated carbocycles. The summed E-state index contributed by atoms with van der Waals surface area (Å²) in [6.45, 7) is 2.61. The second-order valence-corrected chi connectivity index (χ2v) is 9.51. The molecule has 2 aromatic rings. The largest absolute Gasteiger partial charge is 0.513 e. The molecule has 8 nitrogen and oxygen atoms in total. The summed E-state index contributed by atoms with van der Waals surface area (Å²) in [4.78, 5) is 23.7. The van der Waals surface area contributed by atoms with Crippen LogP contribution in [-0.4, -0.2) is 50.5 Å². The SMILES string of the molecule is CCOC(=O)Oc1ccc(C(=O)NC2CCN(S(=O)(=O)c3cccs3)CC2)cc1. The molecular formula is C19H22N2O6S2. The quantitative estimate of drug-likeness (QED) is 0.550. The van der Waals surface area contributed by atoms with E-state index in [2.05, 4.69) is 5.32 Å². The molecule has 10 heteroatoms. The Hall–Kier alpha value is -2.43. The Morgan fingerprint density at radius 2 is 1.86 bits per heavy atom. The maximum absolute atomic E-state index is 12.6. The molecule has 1 N–H and O–H groups in total. The molecule has 0 aliphatic carbocycles. The Morgan fingerprint density at radius 1 is 1.17 bits per heavy atom. The Kier molecular flexibility index (Phi) is 6.88. The Labute approximate surface area is 173 Å². The summed E-state index contributed by atoms with van der Waals surface area (Å²) in [5, 5.41) is 4.67. The van der Waals surface area contributed by atoms with E-state index in [9.17, 15) is 18.0 Å². The molecule has 1 amide bonds. The molecule has 1 aromatic heterocycles. The van der Waals surface area contributed by atoms with Gasteiger partial charge in [-0.3, -0.25) is 4.79 Å². The van der Waals surface area contributed by atoms with E-state index in [1.807, 2.05) is 0 Å². The standard InChI is InChI=1S/C19H22N2O6S2/c1-2-26-19(23)27-16-7-5-14(6-8-16)18(22)20-15-9-11-21(12-10-15)29(24,25)17-4-3-13-28-17/h3-8,13,15H,2,9-12H2,1H3,(H,20,22). The van der Waals surface area contributed by atoms with Gasteiger partial charge < -0.3 is 14.8 Å². The van der Waals surface area contributed by atoms with Gasteiger partial charge in [0.15, 0.2) is 0 Å². The minimum absolute atomic E-state index is 0.104. The van der Waals surface area contributed by atoms with Crippen molar-refractivity contribution in [1.82, 2.24) is 9.62 Å². The van der Waals surface area contributed by atoms with Gasteiger partial charge in [-0.1, -0.05) is 6.07 Å². The van der Waals surface area contributed by atoms with Gasteiger partial charge in [-0.2, -0.15) is 4.31 Å². The highest BCUT2D eigenvalue weighted by molar-refractivity contribution is 7.91. The fourth-order valence-corrected chi connectivity index (χ4v) is 5.58. The average Bonchev–Trinajstić information content (AvgIpc) is 3.25. The van der Waals surface area contributed by atoms with Gasteiger partial charge >= 0.3 is 6.16 Å². The Bertz CT molecular complexity index is 934. The zero-order chi connectivity index (χ0) is 20.9. The number of nitrogens with one attached hydrogen (secondary N) is 1. The third-order valence-electron chi connectivity index (χ3n) is 4.46. The monoisotopic (exact) mass is 438 g/mol. The van der Waals surface area contributed by atoms with Crippen LogP contribution in [0.4, 0.5) is 4.79 Å². The van der Waals surface area contributed by atoms with Gasteiger partial charge in [-0.05, 0) is 55.5 Å². The number of carbonyl (C=O) groups excluding carboxylic acids is 2. The van der Waals surface area contributed by atoms with Crippen LogP contribution in [0.5, 0.6) is 5.75 Å². The van der Waals surface area contributed by atoms with Crippen molar-refractivity contribution in [2.24, 2.45) is 0 Å². The van der Waals surface area contributed by atoms with E-state index < -0.39 is 16.2 Å². The molecule has 1 saturated heterocycles. The highest BCUT2D eigenvalue weighted by Gasteiger charge is 2.30. The van der Waals surface area contributed by atoms with Crippen LogP contribution in [0.25, 0.3) is 0 Å². The molecule has 1 aliphatic heterocycles. The van der Waals surface area contributed by atoms with Crippen molar-refractivity contribution in [1.29, 1.82) is 0 Å². The summed E-state index contributed by atoms with van der Waals surface area (Å²) in [5.41, 5.74) is 0.426. The van der Waals surface area contributed by atoms with Crippen molar-refractivity contribution in [2.45, 2.75) is 30.0 Å². The molecular weight excluding hydrogens is 416 g/mol. The van der Waals surface area contributed by atoms with E-state index in [0.717, 1.165) is 0 Å². The molecule has 29 heavy (non-hydrogen) atoms. The number of hydrogen-bond donors (Lipinski definition) is 1. The molecule has 0 unspecified atom stereocenters. The summed E-state index contributed by atoms with van der Waals surface area (Å²) in [5.74, 6) is 0.0272. The van der Waals surface area contributed by atoms with Crippen LogP contribution in [-0.2, 0) is 14.8 Å². The molecule has 0 spiro atoms. The molecule has 3 rings (SSSR count). The summed E-state index contributed by atoms with van der Waals surface area (Å²) in [6, 6.07) is 9.36. The highest BCUT2D eigenvalue weighted by atomic mass is 32.2. The first-order chi connectivity index (χ1) is 13.9. The number of rotatable bonds is 6. The lowest BCUT2D eigenvalue weighted by Crippen LogP contribution is -2.46. The van der Waals surface area contributed by atoms with E-state index in [1.165, 1.54) is 27.8 Å². The predicted molar refractivity (Wildman–Crippen MR) is 108 cm³/mol. The van der Waals surface area contributed by atoms with Gasteiger partial charge in [0.2, 0.25) is 0 Å². The van der Waals surface area contributed by atoms with Crippen molar-refractivity contribution < 1.29 is 27.5 Å². The van der Waals surface area contributed by atoms with Crippen LogP contribution in [0.1, 0.15) is 30.1 Å². The number of thiophene rings is 1. The number of piperidine rings is 1. The second-order valence-electron chi connectivity index (χ2n) is 6.39. The van der Waals surface area contributed by atoms with Gasteiger partial charge in [0.1, 0.15) is 9.96 Å². The molecule has 1 aliphatic rings. The van der Waals surface area contributed by atoms with Crippen LogP contribution in [0.15, 0.2) is 46.0 Å². The maximum atomic E-state index is 12.6. The third kappa shape index (κ3) is 5.34. The molecule has 1 fully saturated rings. The first-order valence-corrected chi connectivity index (χ1v) is 11.5. The lowest BCUT2D eigenvalue weighted by Gasteiger charge is -2.31. The van der Waals surface area contributed by atoms with Gasteiger partial charge in [-0.25, -0.2) is 13.2 Å². The fraction of sp³-hybridized carbons (Fsp3) is 0.368. The Morgan fingerprint density at radius 3 is 2.45 bits per heavy atom. The van der Waals surface area contributed by atoms with Gasteiger partial charge in [-0.15, -0.1) is 11.3 Å². The van der Waals surface area contributed by atoms with Crippen molar-refractivity contribution in [3.63, 3.8) is 0 Å². The van der Waals surface area contributed by atoms with Crippen LogP contribution in [0.3, 0.4) is 0 Å². The number of carbonyl (C=O) groups is 2. The number of hydrogen-bond acceptors (Lipinski definition) is 7. The van der Waals surface area contributed by atoms with Crippen LogP contribution in [0, 0.1) is 0 Å². The maximum Gasteiger partial charge on any atom is 0.513 e. The van der Waals surface area contributed by atoms with Gasteiger partial charge in [0.25, 0.3) is 15.9 Å². The first-order valence-electron chi connectivity index (χ1n) is 9.19. The summed E-state index contributed by atoms with van der Waals surface area (Å²) < 4.78 is 36.6. The highest BCUT2D eigenvalue weighted by Crippen LogP contribution is 2.24. The third-order valence-corrected chi connectivity index (χ3v) is 7.73. The lowest BCUT2D eigenvalue weighted by molar-refractivity contribution is 0.0923. The topological polar surface area (TPSA) is 102 Å². The zero-order valence-electron chi connectivity index (χ0n) is 15.9. The van der Waals surface area contributed by atoms with Crippen LogP contribution < -0.4 is 10.1 Å². The minimum Gasteiger partial charge on any atom is -0.434 e. The Balaban J connectivity index is 1.51. The molecule has 156 valence electrons. The molecule has 1 aromatic carbocycles. The van der Waals surface area contributed by atoms with E-state index in [0.29, 0.717) is 35.7 Å². The smallest absolute Gasteiger partial charge is 0.434 e. The number of amides is 1. The van der Waals surface area contributed by atoms with Gasteiger partial charge in [0, 0.05) is 24.7 Å². The molecule has 0 bridgehead atoms. The van der Waals surface area contributed by atoms with E-state index in [-0.39, 0.29) is 24.3 Å². The zero-order valence-corrected chi connectivity index (χ0v) is 17.5. The average molecular weight is 439 g/mol. The van der Waals surface area contributed by atoms with Crippen molar-refractivity contribution >= 4 is 33.4 Å². The summed E-state index contributed by atoms with van der Waals surface area (Å²) >= 11 is 1.20. The van der Waals surface area contributed by atoms with Crippen molar-refractivity contribution in [2.75, 3.05) is 19.7 Å². The molecule has 2 heterocycles. The number of ether oxygens (including phenoxy) is 2. The van der Waals surface area contributed by atoms with Gasteiger partial charge in [0.05, 0.1) is 6.61 Å². The molecule has 0 atom stereocenters.